The van der Waals surface area contributed by atoms with Crippen LogP contribution >= 0.6 is 0 Å². The first-order valence-corrected chi connectivity index (χ1v) is 8.22. The average Bonchev–Trinajstić information content (AvgIpc) is 2.56. The molecule has 0 aromatic heterocycles. The van der Waals surface area contributed by atoms with Gasteiger partial charge in [-0.15, -0.1) is 0 Å². The van der Waals surface area contributed by atoms with Crippen LogP contribution in [0.2, 0.25) is 0 Å². The number of hydrogen-bond acceptors (Lipinski definition) is 3. The Kier molecular flexibility index (Phi) is 6.24. The highest BCUT2D eigenvalue weighted by molar-refractivity contribution is 5.73. The molecule has 0 bridgehead atoms. The van der Waals surface area contributed by atoms with Gasteiger partial charge in [-0.2, -0.15) is 0 Å². The molecule has 0 aliphatic heterocycles. The van der Waals surface area contributed by atoms with Crippen molar-refractivity contribution in [3.63, 3.8) is 0 Å². The van der Waals surface area contributed by atoms with Gasteiger partial charge in [0.15, 0.2) is 6.10 Å². The maximum Gasteiger partial charge on any atom is 0.345 e. The van der Waals surface area contributed by atoms with Crippen LogP contribution in [0.25, 0.3) is 0 Å². The number of carbonyl (C=O) groups is 1. The minimum absolute atomic E-state index is 0.248. The van der Waals surface area contributed by atoms with Gasteiger partial charge < -0.3 is 14.6 Å². The third kappa shape index (κ3) is 4.51. The van der Waals surface area contributed by atoms with E-state index in [1.54, 1.807) is 0 Å². The lowest BCUT2D eigenvalue weighted by molar-refractivity contribution is -0.145. The SMILES string of the molecule is CCOc1ccccc1C[C@H](Oc1ccccc1C(C)C)C(=O)O. The van der Waals surface area contributed by atoms with Crippen LogP contribution in [0, 0.1) is 0 Å². The van der Waals surface area contributed by atoms with Gasteiger partial charge in [-0.3, -0.25) is 0 Å². The molecule has 24 heavy (non-hydrogen) atoms. The summed E-state index contributed by atoms with van der Waals surface area (Å²) in [6, 6.07) is 15.0. The van der Waals surface area contributed by atoms with Gasteiger partial charge in [0.2, 0.25) is 0 Å². The number of carboxylic acids is 1. The van der Waals surface area contributed by atoms with E-state index in [0.717, 1.165) is 11.1 Å². The minimum Gasteiger partial charge on any atom is -0.494 e. The molecule has 4 nitrogen and oxygen atoms in total. The standard InChI is InChI=1S/C20H24O4/c1-4-23-17-11-7-5-9-15(17)13-19(20(21)22)24-18-12-8-6-10-16(18)14(2)3/h5-12,14,19H,4,13H2,1-3H3,(H,21,22)/t19-/m0/s1. The summed E-state index contributed by atoms with van der Waals surface area (Å²) in [7, 11) is 0. The van der Waals surface area contributed by atoms with Gasteiger partial charge >= 0.3 is 5.97 Å². The Morgan fingerprint density at radius 1 is 1.04 bits per heavy atom. The molecule has 0 amide bonds. The Morgan fingerprint density at radius 3 is 2.29 bits per heavy atom. The van der Waals surface area contributed by atoms with Crippen LogP contribution in [0.3, 0.4) is 0 Å². The van der Waals surface area contributed by atoms with Crippen LogP contribution in [0.5, 0.6) is 11.5 Å². The fourth-order valence-corrected chi connectivity index (χ4v) is 2.57. The first kappa shape index (κ1) is 17.9. The second kappa shape index (κ2) is 8.39. The smallest absolute Gasteiger partial charge is 0.345 e. The molecule has 0 aliphatic carbocycles. The van der Waals surface area contributed by atoms with Gasteiger partial charge in [-0.1, -0.05) is 50.2 Å². The van der Waals surface area contributed by atoms with E-state index < -0.39 is 12.1 Å². The largest absolute Gasteiger partial charge is 0.494 e. The lowest BCUT2D eigenvalue weighted by Gasteiger charge is -2.20. The Labute approximate surface area is 143 Å². The number of para-hydroxylation sites is 2. The van der Waals surface area contributed by atoms with E-state index in [0.29, 0.717) is 18.1 Å². The van der Waals surface area contributed by atoms with E-state index in [4.69, 9.17) is 9.47 Å². The molecule has 128 valence electrons. The zero-order valence-corrected chi connectivity index (χ0v) is 14.4. The molecular formula is C20H24O4. The molecule has 0 heterocycles. The van der Waals surface area contributed by atoms with Crippen molar-refractivity contribution in [1.82, 2.24) is 0 Å². The molecule has 0 saturated heterocycles. The average molecular weight is 328 g/mol. The van der Waals surface area contributed by atoms with E-state index >= 15 is 0 Å². The fraction of sp³-hybridized carbons (Fsp3) is 0.350. The summed E-state index contributed by atoms with van der Waals surface area (Å²) >= 11 is 0. The number of hydrogen-bond donors (Lipinski definition) is 1. The topological polar surface area (TPSA) is 55.8 Å². The Balaban J connectivity index is 2.24. The van der Waals surface area contributed by atoms with E-state index in [2.05, 4.69) is 13.8 Å². The molecule has 2 aromatic carbocycles. The number of carboxylic acid groups (broad SMARTS) is 1. The normalized spacial score (nSPS) is 12.0. The summed E-state index contributed by atoms with van der Waals surface area (Å²) in [4.78, 5) is 11.7. The second-order valence-electron chi connectivity index (χ2n) is 5.88. The monoisotopic (exact) mass is 328 g/mol. The minimum atomic E-state index is -0.986. The number of rotatable bonds is 8. The van der Waals surface area contributed by atoms with Crippen molar-refractivity contribution in [3.8, 4) is 11.5 Å². The van der Waals surface area contributed by atoms with Gasteiger partial charge in [0.05, 0.1) is 6.61 Å². The zero-order valence-electron chi connectivity index (χ0n) is 14.4. The van der Waals surface area contributed by atoms with Crippen molar-refractivity contribution in [1.29, 1.82) is 0 Å². The second-order valence-corrected chi connectivity index (χ2v) is 5.88. The summed E-state index contributed by atoms with van der Waals surface area (Å²) in [6.07, 6.45) is -0.718. The summed E-state index contributed by atoms with van der Waals surface area (Å²) in [6.45, 7) is 6.55. The summed E-state index contributed by atoms with van der Waals surface area (Å²) in [5.41, 5.74) is 1.83. The van der Waals surface area contributed by atoms with Crippen molar-refractivity contribution < 1.29 is 19.4 Å². The molecule has 1 N–H and O–H groups in total. The third-order valence-electron chi connectivity index (χ3n) is 3.76. The maximum absolute atomic E-state index is 11.7. The molecule has 2 rings (SSSR count). The quantitative estimate of drug-likeness (QED) is 0.785. The van der Waals surface area contributed by atoms with E-state index in [-0.39, 0.29) is 12.3 Å². The van der Waals surface area contributed by atoms with Gasteiger partial charge in [-0.25, -0.2) is 4.79 Å². The Morgan fingerprint density at radius 2 is 1.67 bits per heavy atom. The molecule has 0 radical (unpaired) electrons. The number of aliphatic carboxylic acids is 1. The van der Waals surface area contributed by atoms with Crippen molar-refractivity contribution in [2.24, 2.45) is 0 Å². The highest BCUT2D eigenvalue weighted by Gasteiger charge is 2.23. The van der Waals surface area contributed by atoms with Crippen molar-refractivity contribution in [3.05, 3.63) is 59.7 Å². The first-order chi connectivity index (χ1) is 11.5. The molecule has 0 aliphatic rings. The van der Waals surface area contributed by atoms with Crippen LogP contribution in [0.1, 0.15) is 37.8 Å². The molecule has 4 heteroatoms. The molecule has 0 saturated carbocycles. The predicted octanol–water partition coefficient (Wildman–Crippen LogP) is 4.28. The van der Waals surface area contributed by atoms with Gasteiger partial charge in [0.25, 0.3) is 0 Å². The molecule has 0 spiro atoms. The van der Waals surface area contributed by atoms with E-state index in [9.17, 15) is 9.90 Å². The lowest BCUT2D eigenvalue weighted by Crippen LogP contribution is -2.30. The number of ether oxygens (including phenoxy) is 2. The molecule has 1 atom stereocenters. The van der Waals surface area contributed by atoms with Gasteiger partial charge in [-0.05, 0) is 36.1 Å². The van der Waals surface area contributed by atoms with Crippen LogP contribution in [0.4, 0.5) is 0 Å². The third-order valence-corrected chi connectivity index (χ3v) is 3.76. The molecular weight excluding hydrogens is 304 g/mol. The van der Waals surface area contributed by atoms with Crippen molar-refractivity contribution in [2.45, 2.75) is 39.2 Å². The number of benzene rings is 2. The van der Waals surface area contributed by atoms with Crippen LogP contribution in [-0.2, 0) is 11.2 Å². The predicted molar refractivity (Wildman–Crippen MR) is 93.9 cm³/mol. The lowest BCUT2D eigenvalue weighted by atomic mass is 10.0. The molecule has 2 aromatic rings. The van der Waals surface area contributed by atoms with Gasteiger partial charge in [0, 0.05) is 6.42 Å². The molecule has 0 fully saturated rings. The fourth-order valence-electron chi connectivity index (χ4n) is 2.57. The highest BCUT2D eigenvalue weighted by atomic mass is 16.5. The zero-order chi connectivity index (χ0) is 17.5. The summed E-state index contributed by atoms with van der Waals surface area (Å²) in [5.74, 6) is 0.590. The molecule has 0 unspecified atom stereocenters. The first-order valence-electron chi connectivity index (χ1n) is 8.22. The van der Waals surface area contributed by atoms with Crippen LogP contribution in [-0.4, -0.2) is 23.8 Å². The Hall–Kier alpha value is -2.49. The van der Waals surface area contributed by atoms with Crippen LogP contribution in [0.15, 0.2) is 48.5 Å². The van der Waals surface area contributed by atoms with E-state index in [1.807, 2.05) is 55.5 Å². The Bertz CT molecular complexity index is 679. The van der Waals surface area contributed by atoms with Crippen LogP contribution < -0.4 is 9.47 Å². The summed E-state index contributed by atoms with van der Waals surface area (Å²) < 4.78 is 11.4. The van der Waals surface area contributed by atoms with Gasteiger partial charge in [0.1, 0.15) is 11.5 Å². The summed E-state index contributed by atoms with van der Waals surface area (Å²) in [5, 5.41) is 9.58. The highest BCUT2D eigenvalue weighted by Crippen LogP contribution is 2.28. The van der Waals surface area contributed by atoms with Crippen molar-refractivity contribution >= 4 is 5.97 Å². The van der Waals surface area contributed by atoms with Crippen molar-refractivity contribution in [2.75, 3.05) is 6.61 Å². The maximum atomic E-state index is 11.7. The van der Waals surface area contributed by atoms with E-state index in [1.165, 1.54) is 0 Å².